The molecule has 8 nitrogen and oxygen atoms in total. The van der Waals surface area contributed by atoms with Crippen LogP contribution in [-0.2, 0) is 13.0 Å². The lowest BCUT2D eigenvalue weighted by molar-refractivity contribution is 0.0706. The zero-order valence-corrected chi connectivity index (χ0v) is 12.1. The molecule has 2 aromatic heterocycles. The highest BCUT2D eigenvalue weighted by atomic mass is 16.5. The number of nitrogens with one attached hydrogen (secondary N) is 1. The van der Waals surface area contributed by atoms with E-state index in [2.05, 4.69) is 20.4 Å². The first kappa shape index (κ1) is 14.8. The first-order valence-electron chi connectivity index (χ1n) is 6.94. The Balaban J connectivity index is 1.66. The van der Waals surface area contributed by atoms with Crippen molar-refractivity contribution in [2.75, 3.05) is 0 Å². The third-order valence-electron chi connectivity index (χ3n) is 3.20. The molecular formula is C15H14N6O2. The molecule has 116 valence electrons. The molecule has 1 amide bonds. The summed E-state index contributed by atoms with van der Waals surface area (Å²) >= 11 is 0. The quantitative estimate of drug-likeness (QED) is 0.534. The van der Waals surface area contributed by atoms with Crippen LogP contribution in [0.2, 0.25) is 0 Å². The number of pyridine rings is 1. The highest BCUT2D eigenvalue weighted by Crippen LogP contribution is 2.06. The number of hydrogen-bond acceptors (Lipinski definition) is 6. The topological polar surface area (TPSA) is 106 Å². The molecule has 0 bridgehead atoms. The Kier molecular flexibility index (Phi) is 4.34. The Morgan fingerprint density at radius 1 is 1.17 bits per heavy atom. The van der Waals surface area contributed by atoms with Crippen molar-refractivity contribution >= 4 is 5.91 Å². The Morgan fingerprint density at radius 3 is 2.70 bits per heavy atom. The molecule has 0 aliphatic rings. The van der Waals surface area contributed by atoms with Crippen molar-refractivity contribution in [3.8, 4) is 0 Å². The maximum absolute atomic E-state index is 11.3. The monoisotopic (exact) mass is 310 g/mol. The van der Waals surface area contributed by atoms with Gasteiger partial charge in [0.15, 0.2) is 5.82 Å². The number of carbonyl (C=O) groups excluding carboxylic acids is 1. The van der Waals surface area contributed by atoms with Crippen molar-refractivity contribution in [3.63, 3.8) is 0 Å². The molecule has 0 fully saturated rings. The van der Waals surface area contributed by atoms with Crippen LogP contribution in [0.1, 0.15) is 27.4 Å². The number of hydrogen-bond donors (Lipinski definition) is 2. The van der Waals surface area contributed by atoms with E-state index < -0.39 is 5.91 Å². The van der Waals surface area contributed by atoms with Crippen molar-refractivity contribution in [2.24, 2.45) is 0 Å². The van der Waals surface area contributed by atoms with Crippen LogP contribution in [-0.4, -0.2) is 36.3 Å². The second-order valence-electron chi connectivity index (χ2n) is 4.87. The smallest absolute Gasteiger partial charge is 0.274 e. The summed E-state index contributed by atoms with van der Waals surface area (Å²) in [4.78, 5) is 17.0. The van der Waals surface area contributed by atoms with E-state index in [4.69, 9.17) is 5.21 Å². The molecule has 0 aliphatic carbocycles. The second kappa shape index (κ2) is 6.75. The van der Waals surface area contributed by atoms with Gasteiger partial charge in [-0.15, -0.1) is 10.2 Å². The van der Waals surface area contributed by atoms with Crippen LogP contribution in [0.25, 0.3) is 0 Å². The van der Waals surface area contributed by atoms with E-state index in [1.54, 1.807) is 35.9 Å². The average molecular weight is 310 g/mol. The normalized spacial score (nSPS) is 10.5. The number of hydroxylamine groups is 1. The number of aromatic nitrogens is 5. The van der Waals surface area contributed by atoms with Gasteiger partial charge >= 0.3 is 0 Å². The molecule has 0 saturated carbocycles. The summed E-state index contributed by atoms with van der Waals surface area (Å²) in [6.45, 7) is 0.441. The summed E-state index contributed by atoms with van der Waals surface area (Å²) in [6.07, 6.45) is 2.25. The molecular weight excluding hydrogens is 296 g/mol. The molecule has 0 aliphatic heterocycles. The molecule has 1 aromatic carbocycles. The van der Waals surface area contributed by atoms with Gasteiger partial charge in [-0.1, -0.05) is 18.2 Å². The highest BCUT2D eigenvalue weighted by molar-refractivity contribution is 5.93. The van der Waals surface area contributed by atoms with Crippen molar-refractivity contribution in [1.29, 1.82) is 0 Å². The minimum Gasteiger partial charge on any atom is -0.288 e. The lowest BCUT2D eigenvalue weighted by atomic mass is 10.1. The van der Waals surface area contributed by atoms with Crippen LogP contribution in [0.15, 0.2) is 48.7 Å². The fourth-order valence-corrected chi connectivity index (χ4v) is 2.07. The van der Waals surface area contributed by atoms with E-state index in [0.29, 0.717) is 24.4 Å². The minimum absolute atomic E-state index is 0.374. The maximum atomic E-state index is 11.3. The van der Waals surface area contributed by atoms with Crippen LogP contribution >= 0.6 is 0 Å². The lowest BCUT2D eigenvalue weighted by Crippen LogP contribution is -2.18. The number of nitrogens with zero attached hydrogens (tertiary/aromatic N) is 5. The van der Waals surface area contributed by atoms with Crippen molar-refractivity contribution in [1.82, 2.24) is 30.7 Å². The highest BCUT2D eigenvalue weighted by Gasteiger charge is 2.07. The van der Waals surface area contributed by atoms with E-state index in [1.165, 1.54) is 4.80 Å². The minimum atomic E-state index is -0.548. The maximum Gasteiger partial charge on any atom is 0.274 e. The first-order chi connectivity index (χ1) is 11.2. The molecule has 0 spiro atoms. The number of carbonyl (C=O) groups is 1. The fraction of sp³-hybridized carbons (Fsp3) is 0.133. The van der Waals surface area contributed by atoms with Gasteiger partial charge in [0, 0.05) is 17.5 Å². The van der Waals surface area contributed by atoms with E-state index >= 15 is 0 Å². The van der Waals surface area contributed by atoms with E-state index in [1.807, 2.05) is 18.2 Å². The molecule has 2 N–H and O–H groups in total. The SMILES string of the molecule is O=C(NO)c1ccc(Cn2nnc(Cc3ccccn3)n2)cc1. The fourth-order valence-electron chi connectivity index (χ4n) is 2.07. The van der Waals surface area contributed by atoms with E-state index in [0.717, 1.165) is 11.3 Å². The van der Waals surface area contributed by atoms with Gasteiger partial charge in [-0.2, -0.15) is 4.80 Å². The zero-order valence-electron chi connectivity index (χ0n) is 12.1. The summed E-state index contributed by atoms with van der Waals surface area (Å²) in [5, 5.41) is 20.9. The number of rotatable bonds is 5. The van der Waals surface area contributed by atoms with Crippen molar-refractivity contribution < 1.29 is 10.0 Å². The number of benzene rings is 1. The summed E-state index contributed by atoms with van der Waals surface area (Å²) < 4.78 is 0. The van der Waals surface area contributed by atoms with Crippen molar-refractivity contribution in [2.45, 2.75) is 13.0 Å². The summed E-state index contributed by atoms with van der Waals surface area (Å²) in [7, 11) is 0. The molecule has 8 heteroatoms. The van der Waals surface area contributed by atoms with E-state index in [9.17, 15) is 4.79 Å². The van der Waals surface area contributed by atoms with Crippen LogP contribution in [0.5, 0.6) is 0 Å². The Hall–Kier alpha value is -3.13. The van der Waals surface area contributed by atoms with Crippen LogP contribution in [0.4, 0.5) is 0 Å². The number of amides is 1. The van der Waals surface area contributed by atoms with Crippen LogP contribution < -0.4 is 5.48 Å². The Morgan fingerprint density at radius 2 is 2.00 bits per heavy atom. The first-order valence-corrected chi connectivity index (χ1v) is 6.94. The molecule has 0 radical (unpaired) electrons. The summed E-state index contributed by atoms with van der Waals surface area (Å²) in [5.74, 6) is 0.0491. The molecule has 0 unspecified atom stereocenters. The van der Waals surface area contributed by atoms with Gasteiger partial charge < -0.3 is 0 Å². The van der Waals surface area contributed by atoms with Crippen LogP contribution in [0, 0.1) is 0 Å². The van der Waals surface area contributed by atoms with Gasteiger partial charge in [0.1, 0.15) is 0 Å². The third-order valence-corrected chi connectivity index (χ3v) is 3.20. The largest absolute Gasteiger partial charge is 0.288 e. The molecule has 23 heavy (non-hydrogen) atoms. The van der Waals surface area contributed by atoms with E-state index in [-0.39, 0.29) is 0 Å². The molecule has 2 heterocycles. The van der Waals surface area contributed by atoms with Gasteiger partial charge in [0.2, 0.25) is 0 Å². The standard InChI is InChI=1S/C15H14N6O2/c22-15(19-23)12-6-4-11(5-7-12)10-21-18-14(17-20-21)9-13-3-1-2-8-16-13/h1-8,23H,9-10H2,(H,19,22). The number of tetrazole rings is 1. The lowest BCUT2D eigenvalue weighted by Gasteiger charge is -2.02. The van der Waals surface area contributed by atoms with Gasteiger partial charge in [0.05, 0.1) is 13.0 Å². The second-order valence-corrected chi connectivity index (χ2v) is 4.87. The molecule has 3 rings (SSSR count). The third kappa shape index (κ3) is 3.74. The summed E-state index contributed by atoms with van der Waals surface area (Å²) in [5.41, 5.74) is 3.76. The average Bonchev–Trinajstić information content (AvgIpc) is 3.02. The van der Waals surface area contributed by atoms with Gasteiger partial charge in [-0.05, 0) is 35.0 Å². The van der Waals surface area contributed by atoms with Gasteiger partial charge in [-0.25, -0.2) is 5.48 Å². The van der Waals surface area contributed by atoms with Crippen molar-refractivity contribution in [3.05, 3.63) is 71.3 Å². The van der Waals surface area contributed by atoms with Gasteiger partial charge in [-0.3, -0.25) is 15.0 Å². The van der Waals surface area contributed by atoms with Crippen LogP contribution in [0.3, 0.4) is 0 Å². The molecule has 0 saturated heterocycles. The zero-order chi connectivity index (χ0) is 16.1. The predicted octanol–water partition coefficient (Wildman–Crippen LogP) is 0.826. The molecule has 0 atom stereocenters. The predicted molar refractivity (Wildman–Crippen MR) is 79.7 cm³/mol. The van der Waals surface area contributed by atoms with Gasteiger partial charge in [0.25, 0.3) is 5.91 Å². The Labute approximate surface area is 131 Å². The Bertz CT molecular complexity index is 785. The summed E-state index contributed by atoms with van der Waals surface area (Å²) in [6, 6.07) is 12.5. The molecule has 3 aromatic rings.